The van der Waals surface area contributed by atoms with E-state index < -0.39 is 5.37 Å². The van der Waals surface area contributed by atoms with Crippen molar-refractivity contribution in [2.24, 2.45) is 5.10 Å². The van der Waals surface area contributed by atoms with E-state index in [1.165, 1.54) is 16.8 Å². The molecule has 0 N–H and O–H groups in total. The summed E-state index contributed by atoms with van der Waals surface area (Å²) in [4.78, 5) is 13.3. The molecule has 1 aliphatic heterocycles. The molecule has 2 aromatic carbocycles. The van der Waals surface area contributed by atoms with Crippen LogP contribution in [0, 0.1) is 0 Å². The van der Waals surface area contributed by atoms with Gasteiger partial charge in [0.05, 0.1) is 17.0 Å². The first-order valence-corrected chi connectivity index (χ1v) is 11.2. The Bertz CT molecular complexity index is 1100. The number of carbonyl (C=O) groups excluding carboxylic acids is 1. The highest BCUT2D eigenvalue weighted by atomic mass is 35.5. The average molecular weight is 484 g/mol. The number of hydrogen-bond acceptors (Lipinski definition) is 5. The van der Waals surface area contributed by atoms with Crippen LogP contribution < -0.4 is 4.74 Å². The average Bonchev–Trinajstić information content (AvgIpc) is 3.31. The standard InChI is InChI=1S/C20H13Cl3N2O2S2/c1-27-15-5-3-2-4-13(15)20-25(19(26)14-10-16(22)28-17(14)23)24-18(29-20)11-6-8-12(21)9-7-11/h2-10,20H,1H3. The highest BCUT2D eigenvalue weighted by Gasteiger charge is 2.37. The van der Waals surface area contributed by atoms with Crippen LogP contribution >= 0.6 is 57.9 Å². The number of rotatable bonds is 4. The second kappa shape index (κ2) is 8.58. The zero-order chi connectivity index (χ0) is 20.5. The van der Waals surface area contributed by atoms with Gasteiger partial charge >= 0.3 is 0 Å². The lowest BCUT2D eigenvalue weighted by molar-refractivity contribution is 0.0748. The number of nitrogens with zero attached hydrogens (tertiary/aromatic N) is 2. The lowest BCUT2D eigenvalue weighted by atomic mass is 10.2. The summed E-state index contributed by atoms with van der Waals surface area (Å²) in [5, 5.41) is 6.95. The van der Waals surface area contributed by atoms with Gasteiger partial charge in [-0.25, -0.2) is 5.01 Å². The predicted octanol–water partition coefficient (Wildman–Crippen LogP) is 6.97. The van der Waals surface area contributed by atoms with Crippen molar-refractivity contribution in [1.82, 2.24) is 5.01 Å². The van der Waals surface area contributed by atoms with Gasteiger partial charge in [-0.05, 0) is 24.3 Å². The molecule has 9 heteroatoms. The van der Waals surface area contributed by atoms with Crippen LogP contribution in [0.4, 0.5) is 0 Å². The second-order valence-corrected chi connectivity index (χ2v) is 9.80. The van der Waals surface area contributed by atoms with Crippen molar-refractivity contribution in [2.75, 3.05) is 7.11 Å². The van der Waals surface area contributed by atoms with E-state index in [0.29, 0.717) is 30.1 Å². The maximum Gasteiger partial charge on any atom is 0.277 e. The van der Waals surface area contributed by atoms with Gasteiger partial charge < -0.3 is 4.74 Å². The van der Waals surface area contributed by atoms with Gasteiger partial charge in [0, 0.05) is 16.1 Å². The van der Waals surface area contributed by atoms with E-state index in [0.717, 1.165) is 22.5 Å². The van der Waals surface area contributed by atoms with E-state index in [1.807, 2.05) is 36.4 Å². The summed E-state index contributed by atoms with van der Waals surface area (Å²) in [5.74, 6) is 0.343. The zero-order valence-corrected chi connectivity index (χ0v) is 18.8. The van der Waals surface area contributed by atoms with Crippen molar-refractivity contribution < 1.29 is 9.53 Å². The van der Waals surface area contributed by atoms with Crippen molar-refractivity contribution in [3.8, 4) is 5.75 Å². The summed E-state index contributed by atoms with van der Waals surface area (Å²) in [6.07, 6.45) is 0. The van der Waals surface area contributed by atoms with E-state index in [-0.39, 0.29) is 5.91 Å². The third-order valence-corrected chi connectivity index (χ3v) is 7.19. The normalized spacial score (nSPS) is 16.1. The topological polar surface area (TPSA) is 41.9 Å². The van der Waals surface area contributed by atoms with E-state index >= 15 is 0 Å². The van der Waals surface area contributed by atoms with Gasteiger partial charge in [-0.1, -0.05) is 76.9 Å². The van der Waals surface area contributed by atoms with Crippen molar-refractivity contribution >= 4 is 68.9 Å². The maximum atomic E-state index is 13.3. The van der Waals surface area contributed by atoms with Gasteiger partial charge in [0.25, 0.3) is 5.91 Å². The smallest absolute Gasteiger partial charge is 0.277 e. The number of methoxy groups -OCH3 is 1. The number of carbonyl (C=O) groups is 1. The van der Waals surface area contributed by atoms with Crippen LogP contribution in [0.15, 0.2) is 59.7 Å². The van der Waals surface area contributed by atoms with Gasteiger partial charge in [-0.2, -0.15) is 5.10 Å². The summed E-state index contributed by atoms with van der Waals surface area (Å²) >= 11 is 20.9. The molecular formula is C20H13Cl3N2O2S2. The van der Waals surface area contributed by atoms with Crippen LogP contribution in [0.25, 0.3) is 0 Å². The summed E-state index contributed by atoms with van der Waals surface area (Å²) in [7, 11) is 1.60. The Kier molecular flexibility index (Phi) is 6.08. The molecule has 1 unspecified atom stereocenters. The Morgan fingerprint density at radius 2 is 1.83 bits per heavy atom. The number of hydrogen-bond donors (Lipinski definition) is 0. The van der Waals surface area contributed by atoms with E-state index in [1.54, 1.807) is 25.3 Å². The highest BCUT2D eigenvalue weighted by molar-refractivity contribution is 8.14. The molecule has 0 fully saturated rings. The lowest BCUT2D eigenvalue weighted by Crippen LogP contribution is -2.26. The third kappa shape index (κ3) is 4.13. The Labute approximate surface area is 191 Å². The fourth-order valence-corrected chi connectivity index (χ4v) is 5.63. The largest absolute Gasteiger partial charge is 0.496 e. The maximum absolute atomic E-state index is 13.3. The molecule has 2 heterocycles. The molecule has 4 nitrogen and oxygen atoms in total. The van der Waals surface area contributed by atoms with Crippen LogP contribution in [-0.2, 0) is 0 Å². The number of ether oxygens (including phenoxy) is 1. The minimum Gasteiger partial charge on any atom is -0.496 e. The Morgan fingerprint density at radius 3 is 2.48 bits per heavy atom. The number of halogens is 3. The molecule has 1 amide bonds. The van der Waals surface area contributed by atoms with E-state index in [2.05, 4.69) is 5.10 Å². The number of thioether (sulfide) groups is 1. The third-order valence-electron chi connectivity index (χ3n) is 4.24. The minimum absolute atomic E-state index is 0.322. The van der Waals surface area contributed by atoms with E-state index in [4.69, 9.17) is 39.5 Å². The summed E-state index contributed by atoms with van der Waals surface area (Å²) in [6, 6.07) is 16.4. The first kappa shape index (κ1) is 20.6. The molecule has 3 aromatic rings. The molecule has 1 atom stereocenters. The van der Waals surface area contributed by atoms with Gasteiger partial charge in [0.1, 0.15) is 20.5 Å². The monoisotopic (exact) mass is 482 g/mol. The molecule has 29 heavy (non-hydrogen) atoms. The number of amides is 1. The molecule has 0 saturated heterocycles. The Balaban J connectivity index is 1.78. The highest BCUT2D eigenvalue weighted by Crippen LogP contribution is 2.46. The minimum atomic E-state index is -0.418. The molecule has 0 spiro atoms. The SMILES string of the molecule is COc1ccccc1C1SC(c2ccc(Cl)cc2)=NN1C(=O)c1cc(Cl)sc1Cl. The molecular weight excluding hydrogens is 471 g/mol. The molecule has 0 aliphatic carbocycles. The molecule has 0 saturated carbocycles. The fourth-order valence-electron chi connectivity index (χ4n) is 2.87. The number of benzene rings is 2. The van der Waals surface area contributed by atoms with Crippen LogP contribution in [0.1, 0.15) is 26.9 Å². The number of thiophene rings is 1. The zero-order valence-electron chi connectivity index (χ0n) is 14.9. The summed E-state index contributed by atoms with van der Waals surface area (Å²) in [5.41, 5.74) is 2.02. The fraction of sp³-hybridized carbons (Fsp3) is 0.100. The molecule has 4 rings (SSSR count). The summed E-state index contributed by atoms with van der Waals surface area (Å²) in [6.45, 7) is 0. The van der Waals surface area contributed by atoms with Crippen molar-refractivity contribution in [1.29, 1.82) is 0 Å². The quantitative estimate of drug-likeness (QED) is 0.402. The van der Waals surface area contributed by atoms with Crippen LogP contribution in [0.3, 0.4) is 0 Å². The van der Waals surface area contributed by atoms with Crippen molar-refractivity contribution in [3.63, 3.8) is 0 Å². The van der Waals surface area contributed by atoms with Crippen molar-refractivity contribution in [3.05, 3.63) is 85.0 Å². The predicted molar refractivity (Wildman–Crippen MR) is 122 cm³/mol. The molecule has 148 valence electrons. The lowest BCUT2D eigenvalue weighted by Gasteiger charge is -2.22. The molecule has 1 aromatic heterocycles. The first-order chi connectivity index (χ1) is 14.0. The van der Waals surface area contributed by atoms with Gasteiger partial charge in [0.2, 0.25) is 0 Å². The van der Waals surface area contributed by atoms with E-state index in [9.17, 15) is 4.79 Å². The molecule has 0 radical (unpaired) electrons. The molecule has 1 aliphatic rings. The van der Waals surface area contributed by atoms with Crippen molar-refractivity contribution in [2.45, 2.75) is 5.37 Å². The molecule has 0 bridgehead atoms. The Morgan fingerprint density at radius 1 is 1.10 bits per heavy atom. The summed E-state index contributed by atoms with van der Waals surface area (Å²) < 4.78 is 6.29. The van der Waals surface area contributed by atoms with Gasteiger partial charge in [-0.3, -0.25) is 4.79 Å². The van der Waals surface area contributed by atoms with Gasteiger partial charge in [0.15, 0.2) is 0 Å². The van der Waals surface area contributed by atoms with Gasteiger partial charge in [-0.15, -0.1) is 11.3 Å². The second-order valence-electron chi connectivity index (χ2n) is 6.01. The number of hydrazone groups is 1. The van der Waals surface area contributed by atoms with Crippen LogP contribution in [0.5, 0.6) is 5.75 Å². The van der Waals surface area contributed by atoms with Crippen LogP contribution in [0.2, 0.25) is 13.7 Å². The Hall–Kier alpha value is -1.70. The number of para-hydroxylation sites is 1. The van der Waals surface area contributed by atoms with Crippen LogP contribution in [-0.4, -0.2) is 23.1 Å². The first-order valence-electron chi connectivity index (χ1n) is 8.40.